The third-order valence-electron chi connectivity index (χ3n) is 4.60. The summed E-state index contributed by atoms with van der Waals surface area (Å²) in [6.07, 6.45) is -5.78. The van der Waals surface area contributed by atoms with Gasteiger partial charge in [0.2, 0.25) is 12.6 Å². The minimum atomic E-state index is -4.48. The molecule has 152 valence electrons. The number of halogens is 3. The molecule has 9 heteroatoms. The van der Waals surface area contributed by atoms with E-state index in [-0.39, 0.29) is 6.54 Å². The average molecular weight is 389 g/mol. The van der Waals surface area contributed by atoms with Crippen molar-refractivity contribution in [2.75, 3.05) is 14.1 Å². The van der Waals surface area contributed by atoms with Gasteiger partial charge in [-0.2, -0.15) is 18.2 Å². The van der Waals surface area contributed by atoms with Crippen molar-refractivity contribution < 1.29 is 27.6 Å². The van der Waals surface area contributed by atoms with Gasteiger partial charge in [0.1, 0.15) is 6.17 Å². The van der Waals surface area contributed by atoms with Gasteiger partial charge in [-0.05, 0) is 38.4 Å². The molecule has 1 amide bonds. The summed E-state index contributed by atoms with van der Waals surface area (Å²) in [5.41, 5.74) is 0.984. The summed E-state index contributed by atoms with van der Waals surface area (Å²) < 4.78 is 39.1. The molecule has 1 fully saturated rings. The number of amides is 1. The zero-order valence-corrected chi connectivity index (χ0v) is 16.2. The van der Waals surface area contributed by atoms with Crippen LogP contribution in [0.2, 0.25) is 0 Å². The first-order valence-electron chi connectivity index (χ1n) is 8.66. The molecule has 6 nitrogen and oxygen atoms in total. The van der Waals surface area contributed by atoms with Crippen molar-refractivity contribution in [2.45, 2.75) is 57.9 Å². The van der Waals surface area contributed by atoms with E-state index < -0.39 is 24.2 Å². The van der Waals surface area contributed by atoms with Crippen LogP contribution in [-0.4, -0.2) is 53.5 Å². The van der Waals surface area contributed by atoms with E-state index in [1.165, 1.54) is 24.2 Å². The maximum Gasteiger partial charge on any atom is 0.430 e. The molecule has 0 aliphatic carbocycles. The second kappa shape index (κ2) is 8.14. The predicted molar refractivity (Wildman–Crippen MR) is 92.7 cm³/mol. The molecule has 0 N–H and O–H groups in total. The normalized spacial score (nSPS) is 22.2. The lowest BCUT2D eigenvalue weighted by Gasteiger charge is -2.29. The van der Waals surface area contributed by atoms with E-state index in [0.717, 1.165) is 16.9 Å². The van der Waals surface area contributed by atoms with Crippen molar-refractivity contribution in [1.29, 1.82) is 0 Å². The van der Waals surface area contributed by atoms with Crippen molar-refractivity contribution >= 4 is 6.41 Å². The molecule has 1 heterocycles. The van der Waals surface area contributed by atoms with Crippen molar-refractivity contribution in [3.8, 4) is 0 Å². The van der Waals surface area contributed by atoms with E-state index in [2.05, 4.69) is 0 Å². The fraction of sp³-hybridized carbons (Fsp3) is 0.611. The Morgan fingerprint density at radius 3 is 2.26 bits per heavy atom. The average Bonchev–Trinajstić information content (AvgIpc) is 2.89. The van der Waals surface area contributed by atoms with Gasteiger partial charge in [-0.25, -0.2) is 5.06 Å². The summed E-state index contributed by atoms with van der Waals surface area (Å²) in [7, 11) is 2.84. The summed E-state index contributed by atoms with van der Waals surface area (Å²) >= 11 is 0. The van der Waals surface area contributed by atoms with E-state index >= 15 is 0 Å². The fourth-order valence-electron chi connectivity index (χ4n) is 2.86. The maximum absolute atomic E-state index is 13.0. The molecule has 2 unspecified atom stereocenters. The third kappa shape index (κ3) is 5.19. The van der Waals surface area contributed by atoms with Gasteiger partial charge >= 0.3 is 6.18 Å². The van der Waals surface area contributed by atoms with Crippen LogP contribution in [0.5, 0.6) is 0 Å². The van der Waals surface area contributed by atoms with E-state index in [4.69, 9.17) is 9.68 Å². The van der Waals surface area contributed by atoms with Crippen LogP contribution in [0.15, 0.2) is 24.3 Å². The van der Waals surface area contributed by atoms with Crippen LogP contribution >= 0.6 is 0 Å². The smallest absolute Gasteiger partial charge is 0.276 e. The number of hydrogen-bond acceptors (Lipinski definition) is 5. The monoisotopic (exact) mass is 389 g/mol. The van der Waals surface area contributed by atoms with Crippen molar-refractivity contribution in [3.63, 3.8) is 0 Å². The topological polar surface area (TPSA) is 45.3 Å². The highest BCUT2D eigenvalue weighted by Crippen LogP contribution is 2.38. The number of hydroxylamine groups is 4. The van der Waals surface area contributed by atoms with Crippen molar-refractivity contribution in [3.05, 3.63) is 35.4 Å². The summed E-state index contributed by atoms with van der Waals surface area (Å²) in [5.74, 6) is 0. The highest BCUT2D eigenvalue weighted by Gasteiger charge is 2.52. The number of carbonyl (C=O) groups is 1. The number of alkyl halides is 3. The molecule has 0 aromatic heterocycles. The van der Waals surface area contributed by atoms with E-state index in [0.29, 0.717) is 12.0 Å². The van der Waals surface area contributed by atoms with Crippen molar-refractivity contribution in [1.82, 2.24) is 15.0 Å². The van der Waals surface area contributed by atoms with E-state index in [1.54, 1.807) is 24.3 Å². The quantitative estimate of drug-likeness (QED) is 0.528. The molecular formula is C18H26F3N3O3. The summed E-state index contributed by atoms with van der Waals surface area (Å²) in [4.78, 5) is 23.0. The lowest BCUT2D eigenvalue weighted by Crippen LogP contribution is -2.40. The molecule has 27 heavy (non-hydrogen) atoms. The first kappa shape index (κ1) is 21.6. The van der Waals surface area contributed by atoms with Crippen LogP contribution in [0.25, 0.3) is 0 Å². The molecule has 1 aliphatic rings. The molecule has 0 saturated carbocycles. The zero-order chi connectivity index (χ0) is 20.4. The number of rotatable bonds is 7. The van der Waals surface area contributed by atoms with Gasteiger partial charge in [0.05, 0.1) is 12.1 Å². The first-order valence-corrected chi connectivity index (χ1v) is 8.66. The molecule has 1 aromatic carbocycles. The molecule has 1 aliphatic heterocycles. The highest BCUT2D eigenvalue weighted by atomic mass is 19.4. The lowest BCUT2D eigenvalue weighted by molar-refractivity contribution is -0.276. The van der Waals surface area contributed by atoms with Gasteiger partial charge in [-0.15, -0.1) is 0 Å². The van der Waals surface area contributed by atoms with Crippen molar-refractivity contribution in [2.24, 2.45) is 0 Å². The molecule has 2 rings (SSSR count). The zero-order valence-electron chi connectivity index (χ0n) is 16.2. The number of nitrogens with zero attached hydrogens (tertiary/aromatic N) is 3. The van der Waals surface area contributed by atoms with Crippen LogP contribution < -0.4 is 0 Å². The molecular weight excluding hydrogens is 363 g/mol. The minimum Gasteiger partial charge on any atom is -0.276 e. The van der Waals surface area contributed by atoms with Gasteiger partial charge in [-0.1, -0.05) is 31.2 Å². The second-order valence-corrected chi connectivity index (χ2v) is 7.21. The molecule has 0 spiro atoms. The Labute approximate surface area is 157 Å². The predicted octanol–water partition coefficient (Wildman–Crippen LogP) is 3.46. The molecule has 0 bridgehead atoms. The summed E-state index contributed by atoms with van der Waals surface area (Å²) in [6.45, 7) is 5.97. The Morgan fingerprint density at radius 1 is 1.22 bits per heavy atom. The molecule has 1 saturated heterocycles. The van der Waals surface area contributed by atoms with Gasteiger partial charge in [0, 0.05) is 7.05 Å². The molecule has 2 atom stereocenters. The summed E-state index contributed by atoms with van der Waals surface area (Å²) in [5, 5.41) is 2.41. The Bertz CT molecular complexity index is 637. The third-order valence-corrected chi connectivity index (χ3v) is 4.60. The Kier molecular flexibility index (Phi) is 6.51. The molecule has 0 radical (unpaired) electrons. The number of benzene rings is 1. The second-order valence-electron chi connectivity index (χ2n) is 7.21. The van der Waals surface area contributed by atoms with Crippen LogP contribution in [0.1, 0.15) is 44.5 Å². The van der Waals surface area contributed by atoms with E-state index in [1.807, 2.05) is 20.8 Å². The SMILES string of the molecule is CCC(C)(C)ON(C=O)Cc1ccc(C2N(C)OC(C(F)(F)F)N2C)cc1. The van der Waals surface area contributed by atoms with E-state index in [9.17, 15) is 18.0 Å². The van der Waals surface area contributed by atoms with Crippen LogP contribution in [0, 0.1) is 0 Å². The highest BCUT2D eigenvalue weighted by molar-refractivity contribution is 5.45. The minimum absolute atomic E-state index is 0.241. The maximum atomic E-state index is 13.0. The Hall–Kier alpha value is -1.68. The van der Waals surface area contributed by atoms with Crippen LogP contribution in [0.4, 0.5) is 13.2 Å². The van der Waals surface area contributed by atoms with Gasteiger partial charge in [0.15, 0.2) is 0 Å². The summed E-state index contributed by atoms with van der Waals surface area (Å²) in [6, 6.07) is 6.97. The van der Waals surface area contributed by atoms with Gasteiger partial charge in [0.25, 0.3) is 0 Å². The Morgan fingerprint density at radius 2 is 1.81 bits per heavy atom. The lowest BCUT2D eigenvalue weighted by atomic mass is 10.1. The van der Waals surface area contributed by atoms with Crippen LogP contribution in [-0.2, 0) is 21.0 Å². The van der Waals surface area contributed by atoms with Gasteiger partial charge in [-0.3, -0.25) is 19.4 Å². The standard InChI is InChI=1S/C18H26F3N3O3/c1-6-17(2,3)27-24(12-25)11-13-7-9-14(10-8-13)15-22(4)16(18(19,20)21)26-23(15)5/h7-10,12,15-16H,6,11H2,1-5H3. The number of hydrogen-bond donors (Lipinski definition) is 0. The first-order chi connectivity index (χ1) is 12.5. The van der Waals surface area contributed by atoms with Gasteiger partial charge < -0.3 is 0 Å². The molecule has 1 aromatic rings. The Balaban J connectivity index is 2.10. The fourth-order valence-corrected chi connectivity index (χ4v) is 2.86. The number of carbonyl (C=O) groups excluding carboxylic acids is 1. The largest absolute Gasteiger partial charge is 0.430 e. The van der Waals surface area contributed by atoms with Crippen LogP contribution in [0.3, 0.4) is 0 Å².